The summed E-state index contributed by atoms with van der Waals surface area (Å²) in [5.74, 6) is 0.107. The number of alkyl halides is 3. The average Bonchev–Trinajstić information content (AvgIpc) is 2.30. The zero-order valence-corrected chi connectivity index (χ0v) is 12.5. The van der Waals surface area contributed by atoms with Crippen molar-refractivity contribution in [3.63, 3.8) is 0 Å². The highest BCUT2D eigenvalue weighted by molar-refractivity contribution is 9.10. The van der Waals surface area contributed by atoms with Crippen molar-refractivity contribution in [2.75, 3.05) is 0 Å². The molecule has 0 spiro atoms. The van der Waals surface area contributed by atoms with Crippen molar-refractivity contribution in [2.45, 2.75) is 6.18 Å². The summed E-state index contributed by atoms with van der Waals surface area (Å²) in [5.41, 5.74) is -0.818. The number of benzene rings is 2. The number of hydrogen-bond donors (Lipinski definition) is 0. The van der Waals surface area contributed by atoms with Crippen LogP contribution in [0.5, 0.6) is 11.5 Å². The summed E-state index contributed by atoms with van der Waals surface area (Å²) >= 11 is 6.26. The van der Waals surface area contributed by atoms with Crippen LogP contribution >= 0.6 is 31.9 Å². The first-order valence-electron chi connectivity index (χ1n) is 5.16. The molecular weight excluding hydrogens is 389 g/mol. The van der Waals surface area contributed by atoms with E-state index >= 15 is 0 Å². The van der Waals surface area contributed by atoms with Gasteiger partial charge in [0.1, 0.15) is 11.5 Å². The van der Waals surface area contributed by atoms with Gasteiger partial charge in [-0.1, -0.05) is 37.9 Å². The molecule has 2 rings (SSSR count). The highest BCUT2D eigenvalue weighted by atomic mass is 79.9. The molecule has 0 unspecified atom stereocenters. The van der Waals surface area contributed by atoms with Crippen LogP contribution in [0.3, 0.4) is 0 Å². The Labute approximate surface area is 124 Å². The van der Waals surface area contributed by atoms with Gasteiger partial charge in [0.2, 0.25) is 0 Å². The molecule has 0 radical (unpaired) electrons. The lowest BCUT2D eigenvalue weighted by Crippen LogP contribution is -2.07. The van der Waals surface area contributed by atoms with Crippen molar-refractivity contribution in [3.8, 4) is 11.5 Å². The van der Waals surface area contributed by atoms with Crippen LogP contribution in [0.4, 0.5) is 13.2 Å². The first kappa shape index (κ1) is 14.4. The van der Waals surface area contributed by atoms with Gasteiger partial charge in [-0.15, -0.1) is 0 Å². The Hall–Kier alpha value is -1.01. The van der Waals surface area contributed by atoms with Crippen molar-refractivity contribution in [1.29, 1.82) is 0 Å². The molecule has 2 aromatic rings. The summed E-state index contributed by atoms with van der Waals surface area (Å²) < 4.78 is 45.1. The summed E-state index contributed by atoms with van der Waals surface area (Å²) in [5, 5.41) is 0. The van der Waals surface area contributed by atoms with E-state index in [-0.39, 0.29) is 5.75 Å². The van der Waals surface area contributed by atoms with E-state index in [2.05, 4.69) is 31.9 Å². The van der Waals surface area contributed by atoms with Crippen LogP contribution < -0.4 is 4.74 Å². The van der Waals surface area contributed by atoms with Gasteiger partial charge in [-0.25, -0.2) is 0 Å². The summed E-state index contributed by atoms with van der Waals surface area (Å²) in [4.78, 5) is 0. The molecule has 0 atom stereocenters. The standard InChI is InChI=1S/C13H7Br2F3O/c14-8-2-1-3-10(6-8)19-12-5-4-9(15)7-11(12)13(16,17)18/h1-7H. The average molecular weight is 396 g/mol. The molecule has 0 amide bonds. The minimum Gasteiger partial charge on any atom is -0.457 e. The Bertz CT molecular complexity index is 597. The highest BCUT2D eigenvalue weighted by Crippen LogP contribution is 2.39. The van der Waals surface area contributed by atoms with Crippen molar-refractivity contribution >= 4 is 31.9 Å². The van der Waals surface area contributed by atoms with Crippen LogP contribution in [0.2, 0.25) is 0 Å². The Morgan fingerprint density at radius 2 is 1.58 bits per heavy atom. The summed E-state index contributed by atoms with van der Waals surface area (Å²) in [6.45, 7) is 0. The minimum absolute atomic E-state index is 0.228. The highest BCUT2D eigenvalue weighted by Gasteiger charge is 2.34. The molecule has 19 heavy (non-hydrogen) atoms. The molecule has 0 heterocycles. The van der Waals surface area contributed by atoms with Crippen molar-refractivity contribution in [2.24, 2.45) is 0 Å². The second kappa shape index (κ2) is 5.54. The van der Waals surface area contributed by atoms with E-state index in [0.717, 1.165) is 10.5 Å². The first-order valence-corrected chi connectivity index (χ1v) is 6.75. The van der Waals surface area contributed by atoms with Gasteiger partial charge in [-0.2, -0.15) is 13.2 Å². The molecule has 2 aromatic carbocycles. The molecule has 6 heteroatoms. The van der Waals surface area contributed by atoms with Crippen LogP contribution in [0.1, 0.15) is 5.56 Å². The fraction of sp³-hybridized carbons (Fsp3) is 0.0769. The van der Waals surface area contributed by atoms with Gasteiger partial charge >= 0.3 is 6.18 Å². The third-order valence-corrected chi connectivity index (χ3v) is 3.26. The van der Waals surface area contributed by atoms with E-state index in [4.69, 9.17) is 4.74 Å². The van der Waals surface area contributed by atoms with Crippen molar-refractivity contribution in [3.05, 3.63) is 57.0 Å². The molecule has 0 aromatic heterocycles. The van der Waals surface area contributed by atoms with Gasteiger partial charge in [-0.05, 0) is 36.4 Å². The van der Waals surface area contributed by atoms with Gasteiger partial charge in [-0.3, -0.25) is 0 Å². The van der Waals surface area contributed by atoms with Gasteiger partial charge in [0.05, 0.1) is 5.56 Å². The maximum Gasteiger partial charge on any atom is 0.420 e. The van der Waals surface area contributed by atoms with E-state index < -0.39 is 11.7 Å². The second-order valence-electron chi connectivity index (χ2n) is 3.70. The van der Waals surface area contributed by atoms with Crippen LogP contribution in [-0.2, 0) is 6.18 Å². The van der Waals surface area contributed by atoms with E-state index in [1.54, 1.807) is 24.3 Å². The Morgan fingerprint density at radius 3 is 2.21 bits per heavy atom. The topological polar surface area (TPSA) is 9.23 Å². The molecule has 1 nitrogen and oxygen atoms in total. The lowest BCUT2D eigenvalue weighted by atomic mass is 10.2. The SMILES string of the molecule is FC(F)(F)c1cc(Br)ccc1Oc1cccc(Br)c1. The Balaban J connectivity index is 2.40. The van der Waals surface area contributed by atoms with Crippen LogP contribution in [-0.4, -0.2) is 0 Å². The fourth-order valence-electron chi connectivity index (χ4n) is 1.47. The lowest BCUT2D eigenvalue weighted by molar-refractivity contribution is -0.138. The van der Waals surface area contributed by atoms with Gasteiger partial charge in [0.15, 0.2) is 0 Å². The zero-order chi connectivity index (χ0) is 14.0. The molecule has 0 saturated heterocycles. The quantitative estimate of drug-likeness (QED) is 0.603. The van der Waals surface area contributed by atoms with Crippen LogP contribution in [0.15, 0.2) is 51.4 Å². The Morgan fingerprint density at radius 1 is 0.895 bits per heavy atom. The summed E-state index contributed by atoms with van der Waals surface area (Å²) in [7, 11) is 0. The molecule has 0 bridgehead atoms. The number of hydrogen-bond acceptors (Lipinski definition) is 1. The molecule has 0 aliphatic heterocycles. The van der Waals surface area contributed by atoms with Gasteiger partial charge in [0, 0.05) is 8.95 Å². The van der Waals surface area contributed by atoms with Crippen LogP contribution in [0.25, 0.3) is 0 Å². The lowest BCUT2D eigenvalue weighted by Gasteiger charge is -2.14. The molecule has 0 fully saturated rings. The fourth-order valence-corrected chi connectivity index (χ4v) is 2.21. The predicted octanol–water partition coefficient (Wildman–Crippen LogP) is 6.02. The van der Waals surface area contributed by atoms with Crippen molar-refractivity contribution in [1.82, 2.24) is 0 Å². The maximum absolute atomic E-state index is 12.9. The van der Waals surface area contributed by atoms with E-state index in [9.17, 15) is 13.2 Å². The summed E-state index contributed by atoms with van der Waals surface area (Å²) in [6.07, 6.45) is -4.47. The molecule has 100 valence electrons. The van der Waals surface area contributed by atoms with Crippen molar-refractivity contribution < 1.29 is 17.9 Å². The third-order valence-electron chi connectivity index (χ3n) is 2.27. The van der Waals surface area contributed by atoms with Gasteiger partial charge in [0.25, 0.3) is 0 Å². The molecule has 0 aliphatic rings. The van der Waals surface area contributed by atoms with Crippen LogP contribution in [0, 0.1) is 0 Å². The molecule has 0 aliphatic carbocycles. The molecule has 0 N–H and O–H groups in total. The smallest absolute Gasteiger partial charge is 0.420 e. The van der Waals surface area contributed by atoms with E-state index in [1.807, 2.05) is 0 Å². The normalized spacial score (nSPS) is 11.4. The monoisotopic (exact) mass is 394 g/mol. The second-order valence-corrected chi connectivity index (χ2v) is 5.53. The first-order chi connectivity index (χ1) is 8.86. The number of halogens is 5. The number of rotatable bonds is 2. The largest absolute Gasteiger partial charge is 0.457 e. The van der Waals surface area contributed by atoms with Gasteiger partial charge < -0.3 is 4.74 Å². The molecular formula is C13H7Br2F3O. The maximum atomic E-state index is 12.9. The van der Waals surface area contributed by atoms with E-state index in [1.165, 1.54) is 12.1 Å². The third kappa shape index (κ3) is 3.73. The number of ether oxygens (including phenoxy) is 1. The molecule has 0 saturated carbocycles. The summed E-state index contributed by atoms with van der Waals surface area (Å²) in [6, 6.07) is 10.4. The van der Waals surface area contributed by atoms with E-state index in [0.29, 0.717) is 10.2 Å². The Kier molecular flexibility index (Phi) is 4.20. The predicted molar refractivity (Wildman–Crippen MR) is 73.4 cm³/mol. The zero-order valence-electron chi connectivity index (χ0n) is 9.34. The minimum atomic E-state index is -4.47.